The zero-order valence-corrected chi connectivity index (χ0v) is 10.3. The summed E-state index contributed by atoms with van der Waals surface area (Å²) in [7, 11) is 0. The number of carbonyl (C=O) groups excluding carboxylic acids is 1. The highest BCUT2D eigenvalue weighted by atomic mass is 16.3. The van der Waals surface area contributed by atoms with Gasteiger partial charge in [0.05, 0.1) is 6.10 Å². The Morgan fingerprint density at radius 1 is 1.33 bits per heavy atom. The van der Waals surface area contributed by atoms with Gasteiger partial charge in [-0.1, -0.05) is 6.07 Å². The summed E-state index contributed by atoms with van der Waals surface area (Å²) in [6.45, 7) is 1.86. The van der Waals surface area contributed by atoms with Gasteiger partial charge >= 0.3 is 0 Å². The molecule has 4 heteroatoms. The molecule has 0 saturated heterocycles. The van der Waals surface area contributed by atoms with Crippen LogP contribution in [0.4, 0.5) is 0 Å². The van der Waals surface area contributed by atoms with Crippen molar-refractivity contribution in [2.24, 2.45) is 0 Å². The molecule has 0 unspecified atom stereocenters. The standard InChI is InChI=1S/C14H18N2O2/c17-13-6-12(7-13)16-14(18)10-2-1-9-3-4-15-8-11(9)5-10/h1-2,5,12-13,15,17H,3-4,6-8H2,(H,16,18). The maximum atomic E-state index is 12.0. The quantitative estimate of drug-likeness (QED) is 0.715. The molecule has 0 atom stereocenters. The molecule has 1 fully saturated rings. The molecule has 1 saturated carbocycles. The topological polar surface area (TPSA) is 61.4 Å². The number of aliphatic hydroxyl groups excluding tert-OH is 1. The molecule has 1 aliphatic heterocycles. The summed E-state index contributed by atoms with van der Waals surface area (Å²) in [4.78, 5) is 12.0. The Kier molecular flexibility index (Phi) is 3.06. The van der Waals surface area contributed by atoms with Gasteiger partial charge in [0, 0.05) is 18.2 Å². The van der Waals surface area contributed by atoms with Crippen molar-refractivity contribution in [3.8, 4) is 0 Å². The van der Waals surface area contributed by atoms with E-state index in [0.717, 1.165) is 25.1 Å². The Labute approximate surface area is 106 Å². The van der Waals surface area contributed by atoms with Gasteiger partial charge in [-0.2, -0.15) is 0 Å². The van der Waals surface area contributed by atoms with Gasteiger partial charge in [0.1, 0.15) is 0 Å². The minimum Gasteiger partial charge on any atom is -0.393 e. The van der Waals surface area contributed by atoms with Crippen LogP contribution in [0.15, 0.2) is 18.2 Å². The molecule has 18 heavy (non-hydrogen) atoms. The van der Waals surface area contributed by atoms with Crippen LogP contribution in [-0.2, 0) is 13.0 Å². The summed E-state index contributed by atoms with van der Waals surface area (Å²) in [6, 6.07) is 6.07. The predicted molar refractivity (Wildman–Crippen MR) is 68.3 cm³/mol. The molecule has 0 bridgehead atoms. The molecule has 3 N–H and O–H groups in total. The second kappa shape index (κ2) is 4.71. The second-order valence-corrected chi connectivity index (χ2v) is 5.21. The zero-order valence-electron chi connectivity index (χ0n) is 10.3. The summed E-state index contributed by atoms with van der Waals surface area (Å²) in [6.07, 6.45) is 2.16. The van der Waals surface area contributed by atoms with Crippen LogP contribution in [0.3, 0.4) is 0 Å². The fourth-order valence-corrected chi connectivity index (χ4v) is 2.60. The van der Waals surface area contributed by atoms with Gasteiger partial charge in [0.15, 0.2) is 0 Å². The minimum atomic E-state index is -0.233. The van der Waals surface area contributed by atoms with E-state index in [1.54, 1.807) is 0 Å². The molecule has 0 spiro atoms. The van der Waals surface area contributed by atoms with E-state index in [4.69, 9.17) is 0 Å². The Morgan fingerprint density at radius 2 is 2.17 bits per heavy atom. The summed E-state index contributed by atoms with van der Waals surface area (Å²) >= 11 is 0. The largest absolute Gasteiger partial charge is 0.393 e. The smallest absolute Gasteiger partial charge is 0.251 e. The highest BCUT2D eigenvalue weighted by Gasteiger charge is 2.28. The highest BCUT2D eigenvalue weighted by molar-refractivity contribution is 5.94. The fraction of sp³-hybridized carbons (Fsp3) is 0.500. The van der Waals surface area contributed by atoms with Gasteiger partial charge in [0.2, 0.25) is 0 Å². The van der Waals surface area contributed by atoms with Crippen LogP contribution in [-0.4, -0.2) is 29.7 Å². The number of nitrogens with one attached hydrogen (secondary N) is 2. The van der Waals surface area contributed by atoms with Crippen LogP contribution in [0, 0.1) is 0 Å². The van der Waals surface area contributed by atoms with Gasteiger partial charge < -0.3 is 15.7 Å². The maximum absolute atomic E-state index is 12.0. The van der Waals surface area contributed by atoms with Crippen molar-refractivity contribution in [3.05, 3.63) is 34.9 Å². The van der Waals surface area contributed by atoms with Crippen molar-refractivity contribution in [2.75, 3.05) is 6.54 Å². The summed E-state index contributed by atoms with van der Waals surface area (Å²) in [5.74, 6) is -0.0275. The van der Waals surface area contributed by atoms with Crippen LogP contribution >= 0.6 is 0 Å². The predicted octanol–water partition coefficient (Wildman–Crippen LogP) is 0.585. The van der Waals surface area contributed by atoms with E-state index in [2.05, 4.69) is 16.7 Å². The molecule has 1 aromatic carbocycles. The minimum absolute atomic E-state index is 0.0275. The number of amides is 1. The second-order valence-electron chi connectivity index (χ2n) is 5.21. The maximum Gasteiger partial charge on any atom is 0.251 e. The number of aliphatic hydroxyl groups is 1. The first kappa shape index (κ1) is 11.7. The van der Waals surface area contributed by atoms with E-state index >= 15 is 0 Å². The third kappa shape index (κ3) is 2.26. The monoisotopic (exact) mass is 246 g/mol. The van der Waals surface area contributed by atoms with Gasteiger partial charge in [-0.05, 0) is 49.1 Å². The molecular formula is C14H18N2O2. The molecule has 1 amide bonds. The Morgan fingerprint density at radius 3 is 2.94 bits per heavy atom. The van der Waals surface area contributed by atoms with Crippen molar-refractivity contribution in [1.29, 1.82) is 0 Å². The average Bonchev–Trinajstić information content (AvgIpc) is 2.36. The number of hydrogen-bond acceptors (Lipinski definition) is 3. The molecule has 2 aliphatic rings. The lowest BCUT2D eigenvalue weighted by Gasteiger charge is -2.32. The number of hydrogen-bond donors (Lipinski definition) is 3. The lowest BCUT2D eigenvalue weighted by molar-refractivity contribution is 0.0562. The molecule has 1 aromatic rings. The first-order valence-corrected chi connectivity index (χ1v) is 6.54. The SMILES string of the molecule is O=C(NC1CC(O)C1)c1ccc2c(c1)CNCC2. The van der Waals surface area contributed by atoms with Crippen LogP contribution in [0.5, 0.6) is 0 Å². The van der Waals surface area contributed by atoms with Crippen LogP contribution in [0.1, 0.15) is 34.3 Å². The van der Waals surface area contributed by atoms with E-state index in [-0.39, 0.29) is 18.1 Å². The van der Waals surface area contributed by atoms with E-state index in [0.29, 0.717) is 12.8 Å². The van der Waals surface area contributed by atoms with E-state index in [1.807, 2.05) is 12.1 Å². The molecule has 1 heterocycles. The lowest BCUT2D eigenvalue weighted by atomic mass is 9.89. The third-order valence-corrected chi connectivity index (χ3v) is 3.80. The molecule has 4 nitrogen and oxygen atoms in total. The van der Waals surface area contributed by atoms with Gasteiger partial charge in [0.25, 0.3) is 5.91 Å². The average molecular weight is 246 g/mol. The van der Waals surface area contributed by atoms with Crippen molar-refractivity contribution < 1.29 is 9.90 Å². The fourth-order valence-electron chi connectivity index (χ4n) is 2.60. The van der Waals surface area contributed by atoms with Crippen LogP contribution in [0.2, 0.25) is 0 Å². The number of benzene rings is 1. The van der Waals surface area contributed by atoms with Gasteiger partial charge in [-0.25, -0.2) is 0 Å². The van der Waals surface area contributed by atoms with Crippen LogP contribution < -0.4 is 10.6 Å². The van der Waals surface area contributed by atoms with E-state index in [9.17, 15) is 9.90 Å². The molecule has 96 valence electrons. The van der Waals surface area contributed by atoms with Crippen LogP contribution in [0.25, 0.3) is 0 Å². The molecule has 0 aromatic heterocycles. The van der Waals surface area contributed by atoms with Crippen molar-refractivity contribution in [3.63, 3.8) is 0 Å². The number of rotatable bonds is 2. The summed E-state index contributed by atoms with van der Waals surface area (Å²) < 4.78 is 0. The molecule has 1 aliphatic carbocycles. The third-order valence-electron chi connectivity index (χ3n) is 3.80. The van der Waals surface area contributed by atoms with E-state index < -0.39 is 0 Å². The van der Waals surface area contributed by atoms with E-state index in [1.165, 1.54) is 11.1 Å². The van der Waals surface area contributed by atoms with Crippen molar-refractivity contribution in [2.45, 2.75) is 38.0 Å². The number of fused-ring (bicyclic) bond motifs is 1. The first-order valence-electron chi connectivity index (χ1n) is 6.54. The first-order chi connectivity index (χ1) is 8.72. The normalized spacial score (nSPS) is 26.1. The zero-order chi connectivity index (χ0) is 12.5. The van der Waals surface area contributed by atoms with Gasteiger partial charge in [-0.3, -0.25) is 4.79 Å². The van der Waals surface area contributed by atoms with Crippen molar-refractivity contribution in [1.82, 2.24) is 10.6 Å². The van der Waals surface area contributed by atoms with Crippen molar-refractivity contribution >= 4 is 5.91 Å². The molecule has 0 radical (unpaired) electrons. The Hall–Kier alpha value is -1.39. The number of carbonyl (C=O) groups is 1. The lowest BCUT2D eigenvalue weighted by Crippen LogP contribution is -2.46. The summed E-state index contributed by atoms with van der Waals surface area (Å²) in [5.41, 5.74) is 3.28. The summed E-state index contributed by atoms with van der Waals surface area (Å²) in [5, 5.41) is 15.5. The Bertz CT molecular complexity index is 467. The molecular weight excluding hydrogens is 228 g/mol. The van der Waals surface area contributed by atoms with Gasteiger partial charge in [-0.15, -0.1) is 0 Å². The highest BCUT2D eigenvalue weighted by Crippen LogP contribution is 2.21. The Balaban J connectivity index is 1.69. The molecule has 3 rings (SSSR count).